The Kier molecular flexibility index (Phi) is 2.86. The number of hydrogen-bond acceptors (Lipinski definition) is 1. The van der Waals surface area contributed by atoms with E-state index in [1.807, 2.05) is 0 Å². The Labute approximate surface area is 78.9 Å². The second-order valence-electron chi connectivity index (χ2n) is 1.93. The fourth-order valence-corrected chi connectivity index (χ4v) is 1.38. The van der Waals surface area contributed by atoms with Crippen LogP contribution in [0.3, 0.4) is 0 Å². The molecule has 1 aromatic rings. The predicted octanol–water partition coefficient (Wildman–Crippen LogP) is 2.90. The fourth-order valence-electron chi connectivity index (χ4n) is 0.661. The molecule has 1 aromatic heterocycles. The minimum Gasteiger partial charge on any atom is -0.205 e. The van der Waals surface area contributed by atoms with Gasteiger partial charge in [-0.25, -0.2) is 8.78 Å². The van der Waals surface area contributed by atoms with Crippen molar-refractivity contribution in [2.24, 2.45) is 0 Å². The van der Waals surface area contributed by atoms with Crippen LogP contribution in [0.1, 0.15) is 12.0 Å². The maximum atomic E-state index is 12.5. The molecule has 0 amide bonds. The fraction of sp³-hybridized carbons (Fsp3) is 0.167. The van der Waals surface area contributed by atoms with Crippen molar-refractivity contribution >= 4 is 22.6 Å². The van der Waals surface area contributed by atoms with Crippen molar-refractivity contribution in [1.29, 1.82) is 0 Å². The van der Waals surface area contributed by atoms with E-state index in [2.05, 4.69) is 4.98 Å². The van der Waals surface area contributed by atoms with Gasteiger partial charge < -0.3 is 0 Å². The van der Waals surface area contributed by atoms with Gasteiger partial charge in [0.05, 0.1) is 5.56 Å². The molecule has 0 aromatic carbocycles. The summed E-state index contributed by atoms with van der Waals surface area (Å²) in [7, 11) is 0. The number of hydrogen-bond donors (Lipinski definition) is 0. The van der Waals surface area contributed by atoms with E-state index >= 15 is 0 Å². The van der Waals surface area contributed by atoms with Gasteiger partial charge in [-0.15, -0.1) is 0 Å². The molecule has 0 aliphatic carbocycles. The largest absolute Gasteiger partial charge is 0.269 e. The molecule has 0 saturated heterocycles. The average molecular weight is 291 g/mol. The Bertz CT molecular complexity index is 279. The zero-order valence-electron chi connectivity index (χ0n) is 5.49. The number of aromatic nitrogens is 1. The Morgan fingerprint density at radius 3 is 2.33 bits per heavy atom. The molecule has 0 radical (unpaired) electrons. The highest BCUT2D eigenvalue weighted by atomic mass is 127. The number of pyridine rings is 1. The number of nitrogens with zero attached hydrogens (tertiary/aromatic N) is 1. The summed E-state index contributed by atoms with van der Waals surface area (Å²) in [5.41, 5.74) is -0.850. The molecule has 0 spiro atoms. The molecule has 1 nitrogen and oxygen atoms in total. The first-order valence-corrected chi connectivity index (χ1v) is 3.90. The number of alkyl halides is 2. The molecule has 6 heteroatoms. The molecule has 12 heavy (non-hydrogen) atoms. The van der Waals surface area contributed by atoms with Gasteiger partial charge in [-0.05, 0) is 22.6 Å². The molecule has 0 saturated carbocycles. The zero-order chi connectivity index (χ0) is 9.30. The molecule has 0 fully saturated rings. The summed E-state index contributed by atoms with van der Waals surface area (Å²) < 4.78 is 48.7. The van der Waals surface area contributed by atoms with Gasteiger partial charge in [0.25, 0.3) is 6.43 Å². The van der Waals surface area contributed by atoms with Crippen LogP contribution in [-0.4, -0.2) is 4.98 Å². The van der Waals surface area contributed by atoms with E-state index in [0.717, 1.165) is 6.07 Å². The van der Waals surface area contributed by atoms with E-state index in [1.54, 1.807) is 0 Å². The van der Waals surface area contributed by atoms with Crippen molar-refractivity contribution in [1.82, 2.24) is 4.98 Å². The summed E-state index contributed by atoms with van der Waals surface area (Å²) in [6, 6.07) is 0.755. The van der Waals surface area contributed by atoms with Crippen LogP contribution in [0.25, 0.3) is 0 Å². The van der Waals surface area contributed by atoms with Gasteiger partial charge in [0.1, 0.15) is 0 Å². The van der Waals surface area contributed by atoms with Crippen molar-refractivity contribution in [3.63, 3.8) is 0 Å². The van der Waals surface area contributed by atoms with Crippen molar-refractivity contribution in [3.05, 3.63) is 27.1 Å². The van der Waals surface area contributed by atoms with Crippen molar-refractivity contribution in [2.75, 3.05) is 0 Å². The van der Waals surface area contributed by atoms with Gasteiger partial charge in [0, 0.05) is 9.64 Å². The highest BCUT2D eigenvalue weighted by molar-refractivity contribution is 14.1. The van der Waals surface area contributed by atoms with Gasteiger partial charge in [0.15, 0.2) is 0 Å². The van der Waals surface area contributed by atoms with Crippen LogP contribution >= 0.6 is 22.6 Å². The maximum Gasteiger partial charge on any atom is 0.269 e. The van der Waals surface area contributed by atoms with E-state index in [0.29, 0.717) is 0 Å². The first kappa shape index (κ1) is 9.69. The molecular formula is C6H2F4IN. The van der Waals surface area contributed by atoms with Crippen LogP contribution in [-0.2, 0) is 0 Å². The van der Waals surface area contributed by atoms with Gasteiger partial charge in [-0.1, -0.05) is 0 Å². The summed E-state index contributed by atoms with van der Waals surface area (Å²) >= 11 is 1.43. The molecule has 0 unspecified atom stereocenters. The van der Waals surface area contributed by atoms with Gasteiger partial charge in [-0.2, -0.15) is 13.8 Å². The molecule has 0 atom stereocenters. The molecule has 0 aliphatic heterocycles. The minimum absolute atomic E-state index is 0.160. The van der Waals surface area contributed by atoms with Crippen LogP contribution in [0.5, 0.6) is 0 Å². The molecule has 0 bridgehead atoms. The third-order valence-electron chi connectivity index (χ3n) is 1.15. The highest BCUT2D eigenvalue weighted by Gasteiger charge is 2.19. The lowest BCUT2D eigenvalue weighted by molar-refractivity contribution is 0.143. The molecule has 0 N–H and O–H groups in total. The van der Waals surface area contributed by atoms with E-state index in [-0.39, 0.29) is 3.57 Å². The zero-order valence-corrected chi connectivity index (χ0v) is 7.65. The molecule has 0 aliphatic rings. The Hall–Kier alpha value is -0.400. The second kappa shape index (κ2) is 3.55. The van der Waals surface area contributed by atoms with Crippen molar-refractivity contribution in [3.8, 4) is 0 Å². The lowest BCUT2D eigenvalue weighted by atomic mass is 10.3. The normalized spacial score (nSPS) is 10.8. The Morgan fingerprint density at radius 1 is 1.33 bits per heavy atom. The van der Waals surface area contributed by atoms with Crippen LogP contribution in [0.2, 0.25) is 0 Å². The Morgan fingerprint density at radius 2 is 1.92 bits per heavy atom. The van der Waals surface area contributed by atoms with Gasteiger partial charge >= 0.3 is 0 Å². The monoisotopic (exact) mass is 291 g/mol. The summed E-state index contributed by atoms with van der Waals surface area (Å²) in [6.45, 7) is 0. The maximum absolute atomic E-state index is 12.5. The molecule has 1 rings (SSSR count). The number of halogens is 5. The van der Waals surface area contributed by atoms with Crippen molar-refractivity contribution < 1.29 is 17.6 Å². The van der Waals surface area contributed by atoms with Crippen LogP contribution in [0.4, 0.5) is 17.6 Å². The smallest absolute Gasteiger partial charge is 0.205 e. The lowest BCUT2D eigenvalue weighted by Gasteiger charge is -2.02. The molecule has 1 heterocycles. The van der Waals surface area contributed by atoms with E-state index in [9.17, 15) is 17.6 Å². The van der Waals surface area contributed by atoms with E-state index in [1.165, 1.54) is 22.6 Å². The minimum atomic E-state index is -2.97. The highest BCUT2D eigenvalue weighted by Crippen LogP contribution is 2.26. The third kappa shape index (κ3) is 1.85. The summed E-state index contributed by atoms with van der Waals surface area (Å²) in [6.07, 6.45) is -2.97. The topological polar surface area (TPSA) is 12.9 Å². The predicted molar refractivity (Wildman–Crippen MR) is 41.8 cm³/mol. The second-order valence-corrected chi connectivity index (χ2v) is 3.09. The molecular weight excluding hydrogens is 289 g/mol. The SMILES string of the molecule is Fc1cc(I)c(C(F)F)c(F)n1. The summed E-state index contributed by atoms with van der Waals surface area (Å²) in [4.78, 5) is 2.64. The number of rotatable bonds is 1. The first-order chi connectivity index (χ1) is 5.52. The summed E-state index contributed by atoms with van der Waals surface area (Å²) in [5.74, 6) is -2.55. The average Bonchev–Trinajstić information content (AvgIpc) is 1.82. The lowest BCUT2D eigenvalue weighted by Crippen LogP contribution is -2.00. The quantitative estimate of drug-likeness (QED) is 0.440. The first-order valence-electron chi connectivity index (χ1n) is 2.82. The van der Waals surface area contributed by atoms with Gasteiger partial charge in [0.2, 0.25) is 11.9 Å². The Balaban J connectivity index is 3.28. The van der Waals surface area contributed by atoms with Crippen LogP contribution < -0.4 is 0 Å². The van der Waals surface area contributed by atoms with Crippen molar-refractivity contribution in [2.45, 2.75) is 6.43 Å². The summed E-state index contributed by atoms with van der Waals surface area (Å²) in [5, 5.41) is 0. The standard InChI is InChI=1S/C6H2F4IN/c7-3-1-2(11)4(5(8)9)6(10)12-3/h1,5H. The molecule has 66 valence electrons. The van der Waals surface area contributed by atoms with Crippen LogP contribution in [0, 0.1) is 15.5 Å². The van der Waals surface area contributed by atoms with E-state index in [4.69, 9.17) is 0 Å². The van der Waals surface area contributed by atoms with E-state index < -0.39 is 23.9 Å². The van der Waals surface area contributed by atoms with Gasteiger partial charge in [-0.3, -0.25) is 0 Å². The third-order valence-corrected chi connectivity index (χ3v) is 2.04. The van der Waals surface area contributed by atoms with Crippen LogP contribution in [0.15, 0.2) is 6.07 Å².